The SMILES string of the molecule is Cc1cc(Sc2ncccn2)ccc1NC(=O)c1cc(-c2ccco2)nc2c1cnn2C(C)C. The minimum Gasteiger partial charge on any atom is -0.463 e. The standard InChI is InChI=1S/C25H22N6O2S/c1-15(2)31-23-19(14-28-31)18(13-21(29-23)22-6-4-11-33-22)24(32)30-20-8-7-17(12-16(20)3)34-25-26-9-5-10-27-25/h4-15H,1-3H3,(H,30,32). The molecular formula is C25H22N6O2S. The number of pyridine rings is 1. The number of hydrogen-bond acceptors (Lipinski definition) is 7. The second-order valence-corrected chi connectivity index (χ2v) is 9.06. The summed E-state index contributed by atoms with van der Waals surface area (Å²) < 4.78 is 7.35. The van der Waals surface area contributed by atoms with Crippen molar-refractivity contribution in [1.29, 1.82) is 0 Å². The normalized spacial score (nSPS) is 11.3. The lowest BCUT2D eigenvalue weighted by atomic mass is 10.1. The summed E-state index contributed by atoms with van der Waals surface area (Å²) in [5.74, 6) is 0.353. The molecule has 4 aromatic heterocycles. The highest BCUT2D eigenvalue weighted by atomic mass is 32.2. The number of carbonyl (C=O) groups excluding carboxylic acids is 1. The van der Waals surface area contributed by atoms with Crippen molar-refractivity contribution < 1.29 is 9.21 Å². The number of nitrogens with zero attached hydrogens (tertiary/aromatic N) is 5. The van der Waals surface area contributed by atoms with E-state index in [1.807, 2.05) is 49.7 Å². The number of benzene rings is 1. The fourth-order valence-electron chi connectivity index (χ4n) is 3.61. The van der Waals surface area contributed by atoms with Gasteiger partial charge in [-0.05, 0) is 80.6 Å². The highest BCUT2D eigenvalue weighted by molar-refractivity contribution is 7.99. The van der Waals surface area contributed by atoms with Crippen molar-refractivity contribution in [2.45, 2.75) is 36.9 Å². The van der Waals surface area contributed by atoms with Crippen LogP contribution in [0.3, 0.4) is 0 Å². The monoisotopic (exact) mass is 470 g/mol. The summed E-state index contributed by atoms with van der Waals surface area (Å²) in [5, 5.41) is 8.87. The molecule has 8 nitrogen and oxygen atoms in total. The average Bonchev–Trinajstić information content (AvgIpc) is 3.51. The van der Waals surface area contributed by atoms with E-state index in [-0.39, 0.29) is 11.9 Å². The summed E-state index contributed by atoms with van der Waals surface area (Å²) in [5.41, 5.74) is 3.36. The number of fused-ring (bicyclic) bond motifs is 1. The van der Waals surface area contributed by atoms with E-state index >= 15 is 0 Å². The zero-order chi connectivity index (χ0) is 23.7. The second kappa shape index (κ2) is 9.11. The van der Waals surface area contributed by atoms with Crippen molar-refractivity contribution in [1.82, 2.24) is 24.7 Å². The predicted octanol–water partition coefficient (Wildman–Crippen LogP) is 5.77. The van der Waals surface area contributed by atoms with Crippen molar-refractivity contribution in [3.05, 3.63) is 78.4 Å². The Hall–Kier alpha value is -3.98. The minimum absolute atomic E-state index is 0.0913. The molecule has 0 unspecified atom stereocenters. The maximum Gasteiger partial charge on any atom is 0.256 e. The maximum absolute atomic E-state index is 13.4. The first-order chi connectivity index (χ1) is 16.5. The first kappa shape index (κ1) is 21.8. The van der Waals surface area contributed by atoms with E-state index < -0.39 is 0 Å². The van der Waals surface area contributed by atoms with Crippen LogP contribution < -0.4 is 5.32 Å². The van der Waals surface area contributed by atoms with Gasteiger partial charge in [-0.1, -0.05) is 0 Å². The molecule has 1 amide bonds. The molecule has 1 N–H and O–H groups in total. The fourth-order valence-corrected chi connectivity index (χ4v) is 4.42. The van der Waals surface area contributed by atoms with Crippen molar-refractivity contribution >= 4 is 34.4 Å². The Balaban J connectivity index is 1.47. The predicted molar refractivity (Wildman–Crippen MR) is 131 cm³/mol. The summed E-state index contributed by atoms with van der Waals surface area (Å²) in [7, 11) is 0. The maximum atomic E-state index is 13.4. The summed E-state index contributed by atoms with van der Waals surface area (Å²) in [6, 6.07) is 13.1. The molecule has 0 atom stereocenters. The first-order valence-electron chi connectivity index (χ1n) is 10.8. The van der Waals surface area contributed by atoms with Gasteiger partial charge < -0.3 is 9.73 Å². The molecule has 0 saturated carbocycles. The second-order valence-electron chi connectivity index (χ2n) is 8.02. The van der Waals surface area contributed by atoms with E-state index in [4.69, 9.17) is 9.40 Å². The van der Waals surface area contributed by atoms with Gasteiger partial charge in [0.05, 0.1) is 23.4 Å². The van der Waals surface area contributed by atoms with Gasteiger partial charge in [-0.3, -0.25) is 4.79 Å². The molecule has 0 saturated heterocycles. The summed E-state index contributed by atoms with van der Waals surface area (Å²) >= 11 is 1.47. The lowest BCUT2D eigenvalue weighted by Gasteiger charge is -2.12. The summed E-state index contributed by atoms with van der Waals surface area (Å²) in [4.78, 5) is 27.6. The Morgan fingerprint density at radius 1 is 1.12 bits per heavy atom. The molecule has 0 fully saturated rings. The molecule has 4 heterocycles. The number of aromatic nitrogens is 5. The third-order valence-corrected chi connectivity index (χ3v) is 6.15. The highest BCUT2D eigenvalue weighted by Gasteiger charge is 2.20. The van der Waals surface area contributed by atoms with Crippen LogP contribution in [0, 0.1) is 6.92 Å². The van der Waals surface area contributed by atoms with Crippen LogP contribution in [-0.4, -0.2) is 30.6 Å². The first-order valence-corrected chi connectivity index (χ1v) is 11.6. The summed E-state index contributed by atoms with van der Waals surface area (Å²) in [6.45, 7) is 6.01. The van der Waals surface area contributed by atoms with Crippen molar-refractivity contribution in [2.24, 2.45) is 0 Å². The highest BCUT2D eigenvalue weighted by Crippen LogP contribution is 2.30. The molecule has 5 rings (SSSR count). The Labute approximate surface area is 200 Å². The number of anilines is 1. The van der Waals surface area contributed by atoms with Gasteiger partial charge in [0.1, 0.15) is 5.69 Å². The van der Waals surface area contributed by atoms with Gasteiger partial charge in [0.25, 0.3) is 5.91 Å². The molecule has 170 valence electrons. The van der Waals surface area contributed by atoms with E-state index in [0.29, 0.717) is 33.2 Å². The van der Waals surface area contributed by atoms with Crippen molar-refractivity contribution in [2.75, 3.05) is 5.32 Å². The van der Waals surface area contributed by atoms with E-state index in [1.54, 1.807) is 43.1 Å². The van der Waals surface area contributed by atoms with Gasteiger partial charge in [-0.2, -0.15) is 5.10 Å². The van der Waals surface area contributed by atoms with E-state index in [9.17, 15) is 4.79 Å². The van der Waals surface area contributed by atoms with Crippen molar-refractivity contribution in [3.63, 3.8) is 0 Å². The molecule has 0 bridgehead atoms. The van der Waals surface area contributed by atoms with E-state index in [0.717, 1.165) is 16.1 Å². The zero-order valence-electron chi connectivity index (χ0n) is 18.9. The number of furan rings is 1. The van der Waals surface area contributed by atoms with Gasteiger partial charge >= 0.3 is 0 Å². The van der Waals surface area contributed by atoms with Crippen LogP contribution in [0.15, 0.2) is 81.8 Å². The molecular weight excluding hydrogens is 448 g/mol. The third-order valence-electron chi connectivity index (χ3n) is 5.27. The third kappa shape index (κ3) is 4.29. The molecule has 34 heavy (non-hydrogen) atoms. The molecule has 0 aliphatic carbocycles. The number of hydrogen-bond donors (Lipinski definition) is 1. The van der Waals surface area contributed by atoms with Crippen LogP contribution in [0.5, 0.6) is 0 Å². The Morgan fingerprint density at radius 2 is 1.94 bits per heavy atom. The van der Waals surface area contributed by atoms with Crippen LogP contribution >= 0.6 is 11.8 Å². The molecule has 1 aromatic carbocycles. The quantitative estimate of drug-likeness (QED) is 0.314. The van der Waals surface area contributed by atoms with Gasteiger partial charge in [-0.25, -0.2) is 19.6 Å². The lowest BCUT2D eigenvalue weighted by molar-refractivity contribution is 0.102. The van der Waals surface area contributed by atoms with Gasteiger partial charge in [0.15, 0.2) is 16.6 Å². The fraction of sp³-hybridized carbons (Fsp3) is 0.160. The molecule has 0 radical (unpaired) electrons. The number of carbonyl (C=O) groups is 1. The number of amides is 1. The Bertz CT molecular complexity index is 1460. The molecule has 5 aromatic rings. The van der Waals surface area contributed by atoms with E-state index in [1.165, 1.54) is 11.8 Å². The largest absolute Gasteiger partial charge is 0.463 e. The smallest absolute Gasteiger partial charge is 0.256 e. The number of nitrogens with one attached hydrogen (secondary N) is 1. The van der Waals surface area contributed by atoms with Crippen LogP contribution in [0.4, 0.5) is 5.69 Å². The van der Waals surface area contributed by atoms with Gasteiger partial charge in [0, 0.05) is 29.0 Å². The van der Waals surface area contributed by atoms with E-state index in [2.05, 4.69) is 20.4 Å². The zero-order valence-corrected chi connectivity index (χ0v) is 19.7. The molecule has 0 spiro atoms. The van der Waals surface area contributed by atoms with Crippen LogP contribution in [0.25, 0.3) is 22.5 Å². The number of aryl methyl sites for hydroxylation is 1. The lowest BCUT2D eigenvalue weighted by Crippen LogP contribution is -2.14. The molecule has 0 aliphatic heterocycles. The van der Waals surface area contributed by atoms with Crippen molar-refractivity contribution in [3.8, 4) is 11.5 Å². The Kier molecular flexibility index (Phi) is 5.85. The molecule has 0 aliphatic rings. The molecule has 9 heteroatoms. The van der Waals surface area contributed by atoms with Crippen LogP contribution in [0.2, 0.25) is 0 Å². The van der Waals surface area contributed by atoms with Gasteiger partial charge in [0.2, 0.25) is 0 Å². The minimum atomic E-state index is -0.238. The van der Waals surface area contributed by atoms with Crippen LogP contribution in [0.1, 0.15) is 35.8 Å². The Morgan fingerprint density at radius 3 is 2.65 bits per heavy atom. The van der Waals surface area contributed by atoms with Gasteiger partial charge in [-0.15, -0.1) is 0 Å². The summed E-state index contributed by atoms with van der Waals surface area (Å²) in [6.07, 6.45) is 6.70. The average molecular weight is 471 g/mol. The topological polar surface area (TPSA) is 98.7 Å². The number of rotatable bonds is 6. The van der Waals surface area contributed by atoms with Crippen LogP contribution in [-0.2, 0) is 0 Å².